The highest BCUT2D eigenvalue weighted by atomic mass is 127. The van der Waals surface area contributed by atoms with Crippen LogP contribution in [0, 0.1) is 26.2 Å². The largest absolute Gasteiger partial charge is 0.478 e. The lowest BCUT2D eigenvalue weighted by Crippen LogP contribution is -2.13. The maximum atomic E-state index is 12.4. The van der Waals surface area contributed by atoms with Crippen molar-refractivity contribution in [1.82, 2.24) is 0 Å². The third-order valence-corrected chi connectivity index (χ3v) is 4.33. The number of ether oxygens (including phenoxy) is 2. The predicted octanol–water partition coefficient (Wildman–Crippen LogP) is 3.53. The Morgan fingerprint density at radius 3 is 2.46 bits per heavy atom. The van der Waals surface area contributed by atoms with Gasteiger partial charge in [-0.2, -0.15) is 10.5 Å². The minimum Gasteiger partial charge on any atom is -0.478 e. The highest BCUT2D eigenvalue weighted by molar-refractivity contribution is 14.1. The number of anilines is 1. The Morgan fingerprint density at radius 1 is 1.18 bits per heavy atom. The second-order valence-corrected chi connectivity index (χ2v) is 6.49. The molecule has 0 atom stereocenters. The number of hydrogen-bond donors (Lipinski definition) is 1. The molecule has 0 unspecified atom stereocenters. The molecule has 28 heavy (non-hydrogen) atoms. The van der Waals surface area contributed by atoms with Crippen LogP contribution in [0.4, 0.5) is 5.69 Å². The molecule has 0 aliphatic carbocycles. The number of nitrogens with one attached hydrogen (secondary N) is 1. The monoisotopic (exact) mass is 487 g/mol. The number of carbonyl (C=O) groups is 2. The Balaban J connectivity index is 2.15. The SMILES string of the molecule is COC(=O)c1ccc(NC(=O)/C(C#N)=C/c2ccc(OCC#N)c(I)c2)cc1. The summed E-state index contributed by atoms with van der Waals surface area (Å²) < 4.78 is 10.6. The zero-order chi connectivity index (χ0) is 20.5. The number of methoxy groups -OCH3 is 1. The summed E-state index contributed by atoms with van der Waals surface area (Å²) in [5, 5.41) is 20.5. The van der Waals surface area contributed by atoms with Crippen molar-refractivity contribution >= 4 is 46.2 Å². The fourth-order valence-electron chi connectivity index (χ4n) is 2.16. The number of halogens is 1. The van der Waals surface area contributed by atoms with Crippen LogP contribution in [0.25, 0.3) is 6.08 Å². The first-order valence-electron chi connectivity index (χ1n) is 7.89. The van der Waals surface area contributed by atoms with E-state index in [9.17, 15) is 14.9 Å². The van der Waals surface area contributed by atoms with Gasteiger partial charge in [0.1, 0.15) is 23.5 Å². The van der Waals surface area contributed by atoms with Gasteiger partial charge in [0.05, 0.1) is 16.2 Å². The smallest absolute Gasteiger partial charge is 0.337 e. The van der Waals surface area contributed by atoms with E-state index in [1.165, 1.54) is 25.3 Å². The van der Waals surface area contributed by atoms with Crippen molar-refractivity contribution in [2.75, 3.05) is 19.0 Å². The lowest BCUT2D eigenvalue weighted by atomic mass is 10.1. The summed E-state index contributed by atoms with van der Waals surface area (Å²) in [4.78, 5) is 23.8. The van der Waals surface area contributed by atoms with Crippen LogP contribution in [0.5, 0.6) is 5.75 Å². The summed E-state index contributed by atoms with van der Waals surface area (Å²) in [6, 6.07) is 15.0. The molecule has 0 radical (unpaired) electrons. The number of carbonyl (C=O) groups excluding carboxylic acids is 2. The Kier molecular flexibility index (Phi) is 7.55. The third kappa shape index (κ3) is 5.56. The average Bonchev–Trinajstić information content (AvgIpc) is 2.71. The summed E-state index contributed by atoms with van der Waals surface area (Å²) >= 11 is 2.05. The number of nitriles is 2. The molecule has 0 bridgehead atoms. The molecule has 0 fully saturated rings. The number of esters is 1. The van der Waals surface area contributed by atoms with Crippen LogP contribution in [0.1, 0.15) is 15.9 Å². The molecular formula is C20H14IN3O4. The van der Waals surface area contributed by atoms with Crippen molar-refractivity contribution < 1.29 is 19.1 Å². The molecule has 8 heteroatoms. The van der Waals surface area contributed by atoms with Crippen LogP contribution in [0.3, 0.4) is 0 Å². The fourth-order valence-corrected chi connectivity index (χ4v) is 2.85. The van der Waals surface area contributed by atoms with E-state index >= 15 is 0 Å². The minimum absolute atomic E-state index is 0.0637. The maximum Gasteiger partial charge on any atom is 0.337 e. The molecule has 0 aliphatic rings. The average molecular weight is 487 g/mol. The molecule has 0 saturated carbocycles. The van der Waals surface area contributed by atoms with Crippen LogP contribution in [-0.2, 0) is 9.53 Å². The van der Waals surface area contributed by atoms with Crippen molar-refractivity contribution in [2.24, 2.45) is 0 Å². The molecule has 0 aliphatic heterocycles. The van der Waals surface area contributed by atoms with Crippen LogP contribution in [0.15, 0.2) is 48.0 Å². The molecule has 2 rings (SSSR count). The van der Waals surface area contributed by atoms with Crippen LogP contribution < -0.4 is 10.1 Å². The molecular weight excluding hydrogens is 473 g/mol. The number of nitrogens with zero attached hydrogens (tertiary/aromatic N) is 2. The standard InChI is InChI=1S/C20H14IN3O4/c1-27-20(26)14-3-5-16(6-4-14)24-19(25)15(12-23)10-13-2-7-18(17(21)11-13)28-9-8-22/h2-7,10-11H,9H2,1H3,(H,24,25)/b15-10+. The van der Waals surface area contributed by atoms with Gasteiger partial charge in [0.2, 0.25) is 0 Å². The Labute approximate surface area is 175 Å². The van der Waals surface area contributed by atoms with Crippen molar-refractivity contribution in [1.29, 1.82) is 10.5 Å². The lowest BCUT2D eigenvalue weighted by Gasteiger charge is -2.07. The predicted molar refractivity (Wildman–Crippen MR) is 110 cm³/mol. The number of amides is 1. The van der Waals surface area contributed by atoms with E-state index in [4.69, 9.17) is 10.00 Å². The third-order valence-electron chi connectivity index (χ3n) is 3.49. The minimum atomic E-state index is -0.576. The normalized spacial score (nSPS) is 10.4. The molecule has 0 aromatic heterocycles. The van der Waals surface area contributed by atoms with E-state index in [-0.39, 0.29) is 12.2 Å². The van der Waals surface area contributed by atoms with Gasteiger partial charge in [-0.05, 0) is 70.6 Å². The number of hydrogen-bond acceptors (Lipinski definition) is 6. The van der Waals surface area contributed by atoms with E-state index in [0.29, 0.717) is 22.6 Å². The molecule has 0 spiro atoms. The van der Waals surface area contributed by atoms with Gasteiger partial charge in [-0.15, -0.1) is 0 Å². The summed E-state index contributed by atoms with van der Waals surface area (Å²) in [7, 11) is 1.28. The molecule has 1 N–H and O–H groups in total. The van der Waals surface area contributed by atoms with Crippen molar-refractivity contribution in [3.63, 3.8) is 0 Å². The van der Waals surface area contributed by atoms with E-state index in [2.05, 4.69) is 10.1 Å². The summed E-state index contributed by atoms with van der Waals surface area (Å²) in [6.07, 6.45) is 1.45. The van der Waals surface area contributed by atoms with E-state index in [1.807, 2.05) is 34.7 Å². The highest BCUT2D eigenvalue weighted by Crippen LogP contribution is 2.23. The second kappa shape index (κ2) is 10.1. The summed E-state index contributed by atoms with van der Waals surface area (Å²) in [5.74, 6) is -0.506. The zero-order valence-corrected chi connectivity index (χ0v) is 16.9. The quantitative estimate of drug-likeness (QED) is 0.289. The molecule has 140 valence electrons. The topological polar surface area (TPSA) is 112 Å². The molecule has 7 nitrogen and oxygen atoms in total. The van der Waals surface area contributed by atoms with Gasteiger partial charge in [0.15, 0.2) is 6.61 Å². The molecule has 0 saturated heterocycles. The lowest BCUT2D eigenvalue weighted by molar-refractivity contribution is -0.112. The van der Waals surface area contributed by atoms with E-state index < -0.39 is 11.9 Å². The Hall–Kier alpha value is -3.37. The summed E-state index contributed by atoms with van der Waals surface area (Å²) in [5.41, 5.74) is 1.35. The van der Waals surface area contributed by atoms with Crippen molar-refractivity contribution in [3.8, 4) is 17.9 Å². The van der Waals surface area contributed by atoms with Gasteiger partial charge in [-0.25, -0.2) is 4.79 Å². The van der Waals surface area contributed by atoms with Gasteiger partial charge in [-0.3, -0.25) is 4.79 Å². The fraction of sp³-hybridized carbons (Fsp3) is 0.100. The van der Waals surface area contributed by atoms with Crippen LogP contribution in [-0.4, -0.2) is 25.6 Å². The van der Waals surface area contributed by atoms with Crippen LogP contribution in [0.2, 0.25) is 0 Å². The molecule has 2 aromatic rings. The Morgan fingerprint density at radius 2 is 1.89 bits per heavy atom. The number of benzene rings is 2. The van der Waals surface area contributed by atoms with Gasteiger partial charge < -0.3 is 14.8 Å². The maximum absolute atomic E-state index is 12.4. The highest BCUT2D eigenvalue weighted by Gasteiger charge is 2.11. The first-order valence-corrected chi connectivity index (χ1v) is 8.97. The first-order chi connectivity index (χ1) is 13.5. The van der Waals surface area contributed by atoms with Gasteiger partial charge in [0.25, 0.3) is 5.91 Å². The molecule has 1 amide bonds. The van der Waals surface area contributed by atoms with Gasteiger partial charge in [0, 0.05) is 5.69 Å². The molecule has 0 heterocycles. The van der Waals surface area contributed by atoms with Gasteiger partial charge >= 0.3 is 5.97 Å². The Bertz CT molecular complexity index is 1000. The molecule has 2 aromatic carbocycles. The number of rotatable bonds is 6. The van der Waals surface area contributed by atoms with Crippen molar-refractivity contribution in [3.05, 3.63) is 62.7 Å². The first kappa shape index (κ1) is 20.9. The van der Waals surface area contributed by atoms with Crippen LogP contribution >= 0.6 is 22.6 Å². The van der Waals surface area contributed by atoms with Crippen molar-refractivity contribution in [2.45, 2.75) is 0 Å². The summed E-state index contributed by atoms with van der Waals surface area (Å²) in [6.45, 7) is -0.0637. The van der Waals surface area contributed by atoms with E-state index in [0.717, 1.165) is 3.57 Å². The second-order valence-electron chi connectivity index (χ2n) is 5.33. The van der Waals surface area contributed by atoms with Gasteiger partial charge in [-0.1, -0.05) is 6.07 Å². The zero-order valence-electron chi connectivity index (χ0n) is 14.7. The van der Waals surface area contributed by atoms with E-state index in [1.54, 1.807) is 30.3 Å².